The summed E-state index contributed by atoms with van der Waals surface area (Å²) < 4.78 is 0. The van der Waals surface area contributed by atoms with E-state index in [-0.39, 0.29) is 5.56 Å². The summed E-state index contributed by atoms with van der Waals surface area (Å²) in [5.41, 5.74) is 0.828. The van der Waals surface area contributed by atoms with Gasteiger partial charge in [0.05, 0.1) is 11.3 Å². The Bertz CT molecular complexity index is 403. The molecule has 1 aromatic heterocycles. The van der Waals surface area contributed by atoms with Gasteiger partial charge in [0.1, 0.15) is 5.82 Å². The number of aromatic nitrogens is 1. The Morgan fingerprint density at radius 1 is 1.62 bits per heavy atom. The molecule has 1 saturated heterocycles. The maximum atomic E-state index is 10.8. The quantitative estimate of drug-likeness (QED) is 0.843. The average molecular weight is 238 g/mol. The number of carboxylic acid groups (broad SMARTS) is 1. The molecular weight excluding hydrogens is 224 g/mol. The Morgan fingerprint density at radius 2 is 2.44 bits per heavy atom. The number of hydrogen-bond acceptors (Lipinski definition) is 4. The maximum absolute atomic E-state index is 10.8. The molecule has 86 valence electrons. The molecule has 0 aromatic carbocycles. The highest BCUT2D eigenvalue weighted by atomic mass is 32.2. The molecule has 5 heteroatoms. The standard InChI is InChI=1S/C11H14N2O2S/c1-7-9(11(14)15)2-3-10(12-7)13-8-4-5-16-6-8/h2-3,8H,4-6H2,1H3,(H,12,13)(H,14,15). The zero-order valence-corrected chi connectivity index (χ0v) is 9.88. The number of pyridine rings is 1. The molecule has 16 heavy (non-hydrogen) atoms. The van der Waals surface area contributed by atoms with Gasteiger partial charge < -0.3 is 10.4 Å². The summed E-state index contributed by atoms with van der Waals surface area (Å²) in [5.74, 6) is 2.13. The van der Waals surface area contributed by atoms with E-state index in [4.69, 9.17) is 5.11 Å². The molecule has 0 amide bonds. The number of carbonyl (C=O) groups is 1. The van der Waals surface area contributed by atoms with Gasteiger partial charge in [0.25, 0.3) is 0 Å². The molecule has 2 rings (SSSR count). The van der Waals surface area contributed by atoms with Crippen molar-refractivity contribution in [1.82, 2.24) is 4.98 Å². The molecule has 1 fully saturated rings. The minimum Gasteiger partial charge on any atom is -0.478 e. The van der Waals surface area contributed by atoms with Crippen LogP contribution in [0.15, 0.2) is 12.1 Å². The molecule has 0 spiro atoms. The Morgan fingerprint density at radius 3 is 3.00 bits per heavy atom. The van der Waals surface area contributed by atoms with Crippen molar-refractivity contribution in [2.75, 3.05) is 16.8 Å². The topological polar surface area (TPSA) is 62.2 Å². The monoisotopic (exact) mass is 238 g/mol. The minimum atomic E-state index is -0.923. The molecule has 1 atom stereocenters. The van der Waals surface area contributed by atoms with Crippen LogP contribution in [-0.4, -0.2) is 33.6 Å². The predicted octanol–water partition coefficient (Wildman–Crippen LogP) is 2.01. The van der Waals surface area contributed by atoms with Gasteiger partial charge in [0, 0.05) is 11.8 Å². The van der Waals surface area contributed by atoms with Crippen LogP contribution in [0.1, 0.15) is 22.5 Å². The highest BCUT2D eigenvalue weighted by Crippen LogP contribution is 2.21. The fraction of sp³-hybridized carbons (Fsp3) is 0.455. The van der Waals surface area contributed by atoms with E-state index in [1.165, 1.54) is 5.75 Å². The minimum absolute atomic E-state index is 0.270. The molecule has 4 nitrogen and oxygen atoms in total. The summed E-state index contributed by atoms with van der Waals surface area (Å²) in [7, 11) is 0. The zero-order chi connectivity index (χ0) is 11.5. The van der Waals surface area contributed by atoms with Gasteiger partial charge >= 0.3 is 5.97 Å². The van der Waals surface area contributed by atoms with Crippen LogP contribution >= 0.6 is 11.8 Å². The lowest BCUT2D eigenvalue weighted by molar-refractivity contribution is 0.0695. The molecule has 1 aliphatic rings. The molecule has 1 aliphatic heterocycles. The Hall–Kier alpha value is -1.23. The number of aromatic carboxylic acids is 1. The van der Waals surface area contributed by atoms with Crippen molar-refractivity contribution >= 4 is 23.5 Å². The maximum Gasteiger partial charge on any atom is 0.337 e. The van der Waals surface area contributed by atoms with Crippen molar-refractivity contribution in [1.29, 1.82) is 0 Å². The largest absolute Gasteiger partial charge is 0.478 e. The smallest absolute Gasteiger partial charge is 0.337 e. The third kappa shape index (κ3) is 2.47. The van der Waals surface area contributed by atoms with E-state index >= 15 is 0 Å². The number of nitrogens with one attached hydrogen (secondary N) is 1. The van der Waals surface area contributed by atoms with Crippen molar-refractivity contribution in [2.45, 2.75) is 19.4 Å². The van der Waals surface area contributed by atoms with Crippen LogP contribution in [0.2, 0.25) is 0 Å². The fourth-order valence-corrected chi connectivity index (χ4v) is 2.88. The van der Waals surface area contributed by atoms with Crippen LogP contribution in [0.3, 0.4) is 0 Å². The van der Waals surface area contributed by atoms with Crippen LogP contribution in [-0.2, 0) is 0 Å². The van der Waals surface area contributed by atoms with Crippen LogP contribution in [0, 0.1) is 6.92 Å². The third-order valence-electron chi connectivity index (χ3n) is 2.60. The first-order valence-electron chi connectivity index (χ1n) is 5.22. The Labute approximate surface area is 98.5 Å². The molecule has 0 aliphatic carbocycles. The first-order chi connectivity index (χ1) is 7.66. The van der Waals surface area contributed by atoms with Crippen LogP contribution in [0.25, 0.3) is 0 Å². The first kappa shape index (κ1) is 11.3. The third-order valence-corrected chi connectivity index (χ3v) is 3.76. The van der Waals surface area contributed by atoms with Gasteiger partial charge in [-0.1, -0.05) is 0 Å². The van der Waals surface area contributed by atoms with Crippen LogP contribution in [0.5, 0.6) is 0 Å². The second kappa shape index (κ2) is 4.74. The van der Waals surface area contributed by atoms with Gasteiger partial charge in [0.15, 0.2) is 0 Å². The summed E-state index contributed by atoms with van der Waals surface area (Å²) >= 11 is 1.93. The normalized spacial score (nSPS) is 19.7. The van der Waals surface area contributed by atoms with Gasteiger partial charge in [-0.05, 0) is 31.2 Å². The van der Waals surface area contributed by atoms with Crippen LogP contribution < -0.4 is 5.32 Å². The Kier molecular flexibility index (Phi) is 3.33. The molecule has 2 heterocycles. The average Bonchev–Trinajstić information content (AvgIpc) is 2.70. The molecule has 0 radical (unpaired) electrons. The summed E-state index contributed by atoms with van der Waals surface area (Å²) in [6, 6.07) is 3.81. The predicted molar refractivity (Wildman–Crippen MR) is 65.3 cm³/mol. The number of nitrogens with zero attached hydrogens (tertiary/aromatic N) is 1. The number of carboxylic acids is 1. The highest BCUT2D eigenvalue weighted by Gasteiger charge is 2.16. The molecule has 0 saturated carbocycles. The second-order valence-electron chi connectivity index (χ2n) is 3.84. The van der Waals surface area contributed by atoms with Gasteiger partial charge in [0.2, 0.25) is 0 Å². The van der Waals surface area contributed by atoms with Crippen molar-refractivity contribution in [3.05, 3.63) is 23.4 Å². The fourth-order valence-electron chi connectivity index (χ4n) is 1.72. The number of aryl methyl sites for hydroxylation is 1. The lowest BCUT2D eigenvalue weighted by atomic mass is 10.2. The summed E-state index contributed by atoms with van der Waals surface area (Å²) in [4.78, 5) is 15.1. The van der Waals surface area contributed by atoms with E-state index in [9.17, 15) is 4.79 Å². The lowest BCUT2D eigenvalue weighted by Gasteiger charge is -2.12. The molecule has 1 unspecified atom stereocenters. The van der Waals surface area contributed by atoms with E-state index in [0.29, 0.717) is 11.7 Å². The molecule has 1 aromatic rings. The first-order valence-corrected chi connectivity index (χ1v) is 6.37. The van der Waals surface area contributed by atoms with E-state index < -0.39 is 5.97 Å². The van der Waals surface area contributed by atoms with E-state index in [1.807, 2.05) is 11.8 Å². The summed E-state index contributed by atoms with van der Waals surface area (Å²) in [6.07, 6.45) is 1.14. The number of hydrogen-bond donors (Lipinski definition) is 2. The van der Waals surface area contributed by atoms with Crippen molar-refractivity contribution in [2.24, 2.45) is 0 Å². The van der Waals surface area contributed by atoms with E-state index in [1.54, 1.807) is 19.1 Å². The van der Waals surface area contributed by atoms with E-state index in [0.717, 1.165) is 18.0 Å². The van der Waals surface area contributed by atoms with Crippen molar-refractivity contribution in [3.8, 4) is 0 Å². The van der Waals surface area contributed by atoms with Gasteiger partial charge in [-0.2, -0.15) is 11.8 Å². The van der Waals surface area contributed by atoms with Gasteiger partial charge in [-0.25, -0.2) is 9.78 Å². The van der Waals surface area contributed by atoms with E-state index in [2.05, 4.69) is 10.3 Å². The van der Waals surface area contributed by atoms with Crippen LogP contribution in [0.4, 0.5) is 5.82 Å². The molecular formula is C11H14N2O2S. The van der Waals surface area contributed by atoms with Gasteiger partial charge in [-0.3, -0.25) is 0 Å². The van der Waals surface area contributed by atoms with Crippen molar-refractivity contribution < 1.29 is 9.90 Å². The Balaban J connectivity index is 2.11. The lowest BCUT2D eigenvalue weighted by Crippen LogP contribution is -2.19. The van der Waals surface area contributed by atoms with Gasteiger partial charge in [-0.15, -0.1) is 0 Å². The van der Waals surface area contributed by atoms with Crippen molar-refractivity contribution in [3.63, 3.8) is 0 Å². The summed E-state index contributed by atoms with van der Waals surface area (Å²) in [5, 5.41) is 12.2. The number of thioether (sulfide) groups is 1. The summed E-state index contributed by atoms with van der Waals surface area (Å²) in [6.45, 7) is 1.72. The number of rotatable bonds is 3. The highest BCUT2D eigenvalue weighted by molar-refractivity contribution is 7.99. The second-order valence-corrected chi connectivity index (χ2v) is 4.99. The SMILES string of the molecule is Cc1nc(NC2CCSC2)ccc1C(=O)O. The molecule has 0 bridgehead atoms. The molecule has 2 N–H and O–H groups in total. The zero-order valence-electron chi connectivity index (χ0n) is 9.06. The number of anilines is 1.